The Bertz CT molecular complexity index is 504. The lowest BCUT2D eigenvalue weighted by Crippen LogP contribution is -2.58. The van der Waals surface area contributed by atoms with Crippen LogP contribution in [0, 0.1) is 28.6 Å². The first-order valence-electron chi connectivity index (χ1n) is 8.73. The third-order valence-corrected chi connectivity index (χ3v) is 7.84. The van der Waals surface area contributed by atoms with E-state index in [1.807, 2.05) is 0 Å². The molecule has 1 spiro atoms. The van der Waals surface area contributed by atoms with Crippen LogP contribution in [0.15, 0.2) is 23.8 Å². The normalized spacial score (nSPS) is 56.0. The Labute approximate surface area is 122 Å². The standard InChI is InChI=1S/C19H26O/c1-18-10-3-2-4-13(18)5-6-14-15(18)9-11-19-12-20-17(19)8-7-16(14)19/h2,4-5,14-17H,3,6-12H2,1H3/t14-,15+,16+,17?,18+,19-/m1/s1. The zero-order valence-electron chi connectivity index (χ0n) is 12.6. The van der Waals surface area contributed by atoms with Gasteiger partial charge in [0.05, 0.1) is 12.7 Å². The molecule has 0 aromatic rings. The Morgan fingerprint density at radius 3 is 2.95 bits per heavy atom. The monoisotopic (exact) mass is 270 g/mol. The number of allylic oxidation sites excluding steroid dienone is 4. The molecule has 0 amide bonds. The molecule has 5 aliphatic rings. The van der Waals surface area contributed by atoms with Crippen LogP contribution in [-0.2, 0) is 4.74 Å². The van der Waals surface area contributed by atoms with Gasteiger partial charge in [0.25, 0.3) is 0 Å². The summed E-state index contributed by atoms with van der Waals surface area (Å²) in [5.74, 6) is 2.88. The molecule has 1 aliphatic heterocycles. The highest BCUT2D eigenvalue weighted by atomic mass is 16.5. The SMILES string of the molecule is C[C@]12CCC=CC1=CC[C@H]1[C@@H]3CCC4OC[C@@]43CC[C@@H]12. The second-order valence-corrected chi connectivity index (χ2v) is 8.28. The zero-order chi connectivity index (χ0) is 13.4. The van der Waals surface area contributed by atoms with Gasteiger partial charge in [-0.25, -0.2) is 0 Å². The van der Waals surface area contributed by atoms with Crippen molar-refractivity contribution in [2.45, 2.75) is 58.0 Å². The fraction of sp³-hybridized carbons (Fsp3) is 0.789. The topological polar surface area (TPSA) is 9.23 Å². The van der Waals surface area contributed by atoms with E-state index in [1.54, 1.807) is 5.57 Å². The van der Waals surface area contributed by atoms with Crippen molar-refractivity contribution in [3.8, 4) is 0 Å². The number of ether oxygens (including phenoxy) is 1. The predicted octanol–water partition coefficient (Wildman–Crippen LogP) is 4.49. The van der Waals surface area contributed by atoms with Crippen LogP contribution in [-0.4, -0.2) is 12.7 Å². The van der Waals surface area contributed by atoms with E-state index < -0.39 is 0 Å². The molecule has 0 aromatic heterocycles. The van der Waals surface area contributed by atoms with Crippen molar-refractivity contribution >= 4 is 0 Å². The van der Waals surface area contributed by atoms with Gasteiger partial charge in [0, 0.05) is 5.41 Å². The summed E-state index contributed by atoms with van der Waals surface area (Å²) in [5, 5.41) is 0. The molecule has 1 heteroatoms. The highest BCUT2D eigenvalue weighted by Gasteiger charge is 2.64. The van der Waals surface area contributed by atoms with E-state index in [2.05, 4.69) is 25.2 Å². The molecule has 0 aromatic carbocycles. The number of hydrogen-bond donors (Lipinski definition) is 0. The maximum Gasteiger partial charge on any atom is 0.0656 e. The van der Waals surface area contributed by atoms with Crippen molar-refractivity contribution in [1.82, 2.24) is 0 Å². The molecule has 2 saturated carbocycles. The molecule has 4 aliphatic carbocycles. The first-order chi connectivity index (χ1) is 9.74. The first-order valence-corrected chi connectivity index (χ1v) is 8.73. The number of fused-ring (bicyclic) bond motifs is 4. The molecule has 5 rings (SSSR count). The van der Waals surface area contributed by atoms with Gasteiger partial charge in [-0.3, -0.25) is 0 Å². The van der Waals surface area contributed by atoms with Gasteiger partial charge in [-0.2, -0.15) is 0 Å². The Morgan fingerprint density at radius 1 is 1.15 bits per heavy atom. The molecule has 0 bridgehead atoms. The summed E-state index contributed by atoms with van der Waals surface area (Å²) in [5.41, 5.74) is 2.77. The summed E-state index contributed by atoms with van der Waals surface area (Å²) in [4.78, 5) is 0. The van der Waals surface area contributed by atoms with Gasteiger partial charge < -0.3 is 4.74 Å². The van der Waals surface area contributed by atoms with E-state index in [9.17, 15) is 0 Å². The quantitative estimate of drug-likeness (QED) is 0.630. The smallest absolute Gasteiger partial charge is 0.0656 e. The lowest BCUT2D eigenvalue weighted by atomic mass is 9.48. The van der Waals surface area contributed by atoms with Crippen LogP contribution in [0.3, 0.4) is 0 Å². The second kappa shape index (κ2) is 3.80. The minimum absolute atomic E-state index is 0.488. The van der Waals surface area contributed by atoms with Gasteiger partial charge in [-0.1, -0.05) is 25.2 Å². The first kappa shape index (κ1) is 12.0. The van der Waals surface area contributed by atoms with Crippen molar-refractivity contribution in [2.24, 2.45) is 28.6 Å². The summed E-state index contributed by atoms with van der Waals surface area (Å²) in [6.07, 6.45) is 17.8. The van der Waals surface area contributed by atoms with Gasteiger partial charge in [0.2, 0.25) is 0 Å². The van der Waals surface area contributed by atoms with Crippen LogP contribution < -0.4 is 0 Å². The fourth-order valence-corrected chi connectivity index (χ4v) is 6.74. The predicted molar refractivity (Wildman–Crippen MR) is 80.3 cm³/mol. The molecule has 0 radical (unpaired) electrons. The van der Waals surface area contributed by atoms with Crippen LogP contribution in [0.4, 0.5) is 0 Å². The Kier molecular flexibility index (Phi) is 2.28. The van der Waals surface area contributed by atoms with Crippen molar-refractivity contribution < 1.29 is 4.74 Å². The van der Waals surface area contributed by atoms with Gasteiger partial charge >= 0.3 is 0 Å². The molecule has 6 atom stereocenters. The average molecular weight is 270 g/mol. The van der Waals surface area contributed by atoms with Crippen molar-refractivity contribution in [2.75, 3.05) is 6.61 Å². The lowest BCUT2D eigenvalue weighted by Gasteiger charge is -2.60. The molecule has 0 N–H and O–H groups in total. The third-order valence-electron chi connectivity index (χ3n) is 7.84. The molecular weight excluding hydrogens is 244 g/mol. The largest absolute Gasteiger partial charge is 0.377 e. The number of hydrogen-bond acceptors (Lipinski definition) is 1. The summed E-state index contributed by atoms with van der Waals surface area (Å²) in [6, 6.07) is 0. The molecular formula is C19H26O. The molecule has 1 unspecified atom stereocenters. The molecule has 20 heavy (non-hydrogen) atoms. The maximum absolute atomic E-state index is 5.90. The van der Waals surface area contributed by atoms with Gasteiger partial charge in [-0.15, -0.1) is 0 Å². The number of rotatable bonds is 0. The zero-order valence-corrected chi connectivity index (χ0v) is 12.6. The van der Waals surface area contributed by atoms with E-state index >= 15 is 0 Å². The van der Waals surface area contributed by atoms with Crippen molar-refractivity contribution in [3.63, 3.8) is 0 Å². The summed E-state index contributed by atoms with van der Waals surface area (Å²) >= 11 is 0. The maximum atomic E-state index is 5.90. The van der Waals surface area contributed by atoms with Gasteiger partial charge in [0.1, 0.15) is 0 Å². The van der Waals surface area contributed by atoms with E-state index in [0.29, 0.717) is 16.9 Å². The summed E-state index contributed by atoms with van der Waals surface area (Å²) in [6.45, 7) is 3.65. The van der Waals surface area contributed by atoms with Crippen LogP contribution in [0.25, 0.3) is 0 Å². The van der Waals surface area contributed by atoms with Gasteiger partial charge in [0.15, 0.2) is 0 Å². The van der Waals surface area contributed by atoms with Crippen LogP contribution >= 0.6 is 0 Å². The summed E-state index contributed by atoms with van der Waals surface area (Å²) < 4.78 is 5.90. The Morgan fingerprint density at radius 2 is 2.10 bits per heavy atom. The van der Waals surface area contributed by atoms with Crippen molar-refractivity contribution in [1.29, 1.82) is 0 Å². The van der Waals surface area contributed by atoms with Crippen LogP contribution in [0.2, 0.25) is 0 Å². The Balaban J connectivity index is 1.54. The van der Waals surface area contributed by atoms with Crippen LogP contribution in [0.1, 0.15) is 51.9 Å². The van der Waals surface area contributed by atoms with Crippen LogP contribution in [0.5, 0.6) is 0 Å². The third kappa shape index (κ3) is 1.25. The van der Waals surface area contributed by atoms with Gasteiger partial charge in [-0.05, 0) is 73.7 Å². The molecule has 3 fully saturated rings. The highest BCUT2D eigenvalue weighted by molar-refractivity contribution is 5.34. The van der Waals surface area contributed by atoms with E-state index in [-0.39, 0.29) is 0 Å². The highest BCUT2D eigenvalue weighted by Crippen LogP contribution is 2.67. The van der Waals surface area contributed by atoms with E-state index in [0.717, 1.165) is 24.4 Å². The lowest BCUT2D eigenvalue weighted by molar-refractivity contribution is -0.218. The van der Waals surface area contributed by atoms with E-state index in [4.69, 9.17) is 4.74 Å². The second-order valence-electron chi connectivity index (χ2n) is 8.28. The molecule has 108 valence electrons. The fourth-order valence-electron chi connectivity index (χ4n) is 6.74. The minimum Gasteiger partial charge on any atom is -0.377 e. The molecule has 1 nitrogen and oxygen atoms in total. The minimum atomic E-state index is 0.488. The van der Waals surface area contributed by atoms with Crippen molar-refractivity contribution in [3.05, 3.63) is 23.8 Å². The molecule has 1 heterocycles. The average Bonchev–Trinajstić information content (AvgIpc) is 2.70. The van der Waals surface area contributed by atoms with E-state index in [1.165, 1.54) is 44.9 Å². The molecule has 1 saturated heterocycles. The summed E-state index contributed by atoms with van der Waals surface area (Å²) in [7, 11) is 0. The Hall–Kier alpha value is -0.560.